The molecule has 0 saturated carbocycles. The van der Waals surface area contributed by atoms with Gasteiger partial charge in [-0.05, 0) is 26.0 Å². The summed E-state index contributed by atoms with van der Waals surface area (Å²) < 4.78 is 6.85. The van der Waals surface area contributed by atoms with Gasteiger partial charge >= 0.3 is 0 Å². The molecule has 0 unspecified atom stereocenters. The van der Waals surface area contributed by atoms with Gasteiger partial charge in [0.05, 0.1) is 19.0 Å². The van der Waals surface area contributed by atoms with Crippen molar-refractivity contribution in [1.29, 1.82) is 0 Å². The van der Waals surface area contributed by atoms with Crippen molar-refractivity contribution in [3.05, 3.63) is 36.2 Å². The molecule has 90 valence electrons. The zero-order valence-corrected chi connectivity index (χ0v) is 10.1. The van der Waals surface area contributed by atoms with E-state index in [0.29, 0.717) is 11.4 Å². The fourth-order valence-electron chi connectivity index (χ4n) is 1.63. The number of nitrogens with zero attached hydrogens (tertiary/aromatic N) is 3. The summed E-state index contributed by atoms with van der Waals surface area (Å²) in [4.78, 5) is 0. The van der Waals surface area contributed by atoms with Crippen LogP contribution in [-0.2, 0) is 5.60 Å². The van der Waals surface area contributed by atoms with E-state index >= 15 is 0 Å². The highest BCUT2D eigenvalue weighted by Gasteiger charge is 2.23. The number of rotatable bonds is 3. The van der Waals surface area contributed by atoms with Gasteiger partial charge in [-0.1, -0.05) is 17.3 Å². The number of para-hydroxylation sites is 2. The van der Waals surface area contributed by atoms with Crippen molar-refractivity contribution < 1.29 is 9.84 Å². The van der Waals surface area contributed by atoms with Gasteiger partial charge in [0.2, 0.25) is 0 Å². The number of hydrogen-bond donors (Lipinski definition) is 1. The summed E-state index contributed by atoms with van der Waals surface area (Å²) in [7, 11) is 1.60. The first-order valence-corrected chi connectivity index (χ1v) is 5.31. The Morgan fingerprint density at radius 2 is 2.00 bits per heavy atom. The number of ether oxygens (including phenoxy) is 1. The summed E-state index contributed by atoms with van der Waals surface area (Å²) >= 11 is 0. The second kappa shape index (κ2) is 4.18. The lowest BCUT2D eigenvalue weighted by Gasteiger charge is -2.18. The lowest BCUT2D eigenvalue weighted by atomic mass is 10.1. The molecule has 5 nitrogen and oxygen atoms in total. The van der Waals surface area contributed by atoms with E-state index in [1.165, 1.54) is 0 Å². The third-order valence-electron chi connectivity index (χ3n) is 2.49. The van der Waals surface area contributed by atoms with Crippen LogP contribution in [0.5, 0.6) is 5.75 Å². The maximum Gasteiger partial charge on any atom is 0.144 e. The SMILES string of the molecule is COc1ccccc1-n1nncc1C(C)(C)O. The third-order valence-corrected chi connectivity index (χ3v) is 2.49. The smallest absolute Gasteiger partial charge is 0.144 e. The van der Waals surface area contributed by atoms with Crippen LogP contribution < -0.4 is 4.74 Å². The standard InChI is InChI=1S/C12H15N3O2/c1-12(2,16)11-8-13-14-15(11)9-6-4-5-7-10(9)17-3/h4-8,16H,1-3H3. The average Bonchev–Trinajstić information content (AvgIpc) is 2.77. The molecule has 5 heteroatoms. The molecule has 0 radical (unpaired) electrons. The monoisotopic (exact) mass is 233 g/mol. The van der Waals surface area contributed by atoms with Crippen LogP contribution in [0.3, 0.4) is 0 Å². The van der Waals surface area contributed by atoms with Crippen molar-refractivity contribution in [3.8, 4) is 11.4 Å². The minimum Gasteiger partial charge on any atom is -0.494 e. The molecule has 17 heavy (non-hydrogen) atoms. The van der Waals surface area contributed by atoms with Crippen LogP contribution in [0.2, 0.25) is 0 Å². The van der Waals surface area contributed by atoms with Crippen LogP contribution in [0.4, 0.5) is 0 Å². The molecule has 0 saturated heterocycles. The second-order valence-electron chi connectivity index (χ2n) is 4.26. The first-order valence-electron chi connectivity index (χ1n) is 5.31. The van der Waals surface area contributed by atoms with E-state index < -0.39 is 5.60 Å². The molecule has 0 aliphatic carbocycles. The Balaban J connectivity index is 2.58. The highest BCUT2D eigenvalue weighted by molar-refractivity contribution is 5.46. The topological polar surface area (TPSA) is 60.2 Å². The Bertz CT molecular complexity index is 514. The van der Waals surface area contributed by atoms with Crippen LogP contribution >= 0.6 is 0 Å². The molecular weight excluding hydrogens is 218 g/mol. The number of aliphatic hydroxyl groups is 1. The molecule has 1 heterocycles. The fourth-order valence-corrected chi connectivity index (χ4v) is 1.63. The maximum absolute atomic E-state index is 10.0. The molecular formula is C12H15N3O2. The van der Waals surface area contributed by atoms with Gasteiger partial charge in [0.15, 0.2) is 0 Å². The lowest BCUT2D eigenvalue weighted by molar-refractivity contribution is 0.0711. The molecule has 1 aromatic carbocycles. The molecule has 0 atom stereocenters. The highest BCUT2D eigenvalue weighted by atomic mass is 16.5. The summed E-state index contributed by atoms with van der Waals surface area (Å²) in [5.74, 6) is 0.684. The van der Waals surface area contributed by atoms with Crippen molar-refractivity contribution in [2.75, 3.05) is 7.11 Å². The minimum absolute atomic E-state index is 0.613. The zero-order chi connectivity index (χ0) is 12.5. The third kappa shape index (κ3) is 2.14. The quantitative estimate of drug-likeness (QED) is 0.872. The molecule has 1 aromatic heterocycles. The Morgan fingerprint density at radius 3 is 2.65 bits per heavy atom. The molecule has 0 amide bonds. The summed E-state index contributed by atoms with van der Waals surface area (Å²) in [6.07, 6.45) is 1.55. The molecule has 0 spiro atoms. The number of hydrogen-bond acceptors (Lipinski definition) is 4. The summed E-state index contributed by atoms with van der Waals surface area (Å²) in [6, 6.07) is 7.46. The van der Waals surface area contributed by atoms with Crippen molar-refractivity contribution in [1.82, 2.24) is 15.0 Å². The van der Waals surface area contributed by atoms with Gasteiger partial charge in [-0.3, -0.25) is 0 Å². The summed E-state index contributed by atoms with van der Waals surface area (Å²) in [5.41, 5.74) is 0.358. The van der Waals surface area contributed by atoms with Crippen LogP contribution in [0.1, 0.15) is 19.5 Å². The molecule has 0 aliphatic rings. The van der Waals surface area contributed by atoms with Gasteiger partial charge in [-0.2, -0.15) is 0 Å². The van der Waals surface area contributed by atoms with Crippen LogP contribution in [0, 0.1) is 0 Å². The zero-order valence-electron chi connectivity index (χ0n) is 10.1. The van der Waals surface area contributed by atoms with Crippen LogP contribution in [0.25, 0.3) is 5.69 Å². The predicted octanol–water partition coefficient (Wildman–Crippen LogP) is 1.50. The normalized spacial score (nSPS) is 11.5. The predicted molar refractivity (Wildman–Crippen MR) is 63.2 cm³/mol. The van der Waals surface area contributed by atoms with Crippen molar-refractivity contribution in [2.24, 2.45) is 0 Å². The molecule has 0 fully saturated rings. The minimum atomic E-state index is -1.01. The molecule has 0 bridgehead atoms. The van der Waals surface area contributed by atoms with E-state index in [9.17, 15) is 5.11 Å². The summed E-state index contributed by atoms with van der Waals surface area (Å²) in [6.45, 7) is 3.38. The largest absolute Gasteiger partial charge is 0.494 e. The molecule has 0 aliphatic heterocycles. The Kier molecular flexibility index (Phi) is 2.85. The number of methoxy groups -OCH3 is 1. The molecule has 2 aromatic rings. The van der Waals surface area contributed by atoms with Gasteiger partial charge in [0.25, 0.3) is 0 Å². The number of benzene rings is 1. The summed E-state index contributed by atoms with van der Waals surface area (Å²) in [5, 5.41) is 17.9. The Morgan fingerprint density at radius 1 is 1.29 bits per heavy atom. The first-order chi connectivity index (χ1) is 8.04. The van der Waals surface area contributed by atoms with E-state index in [0.717, 1.165) is 5.69 Å². The van der Waals surface area contributed by atoms with Gasteiger partial charge < -0.3 is 9.84 Å². The first kappa shape index (κ1) is 11.6. The Labute approximate surface area is 99.7 Å². The van der Waals surface area contributed by atoms with Crippen LogP contribution in [0.15, 0.2) is 30.5 Å². The fraction of sp³-hybridized carbons (Fsp3) is 0.333. The van der Waals surface area contributed by atoms with E-state index in [4.69, 9.17) is 4.74 Å². The highest BCUT2D eigenvalue weighted by Crippen LogP contribution is 2.26. The number of aromatic nitrogens is 3. The van der Waals surface area contributed by atoms with Crippen molar-refractivity contribution in [2.45, 2.75) is 19.4 Å². The van der Waals surface area contributed by atoms with E-state index in [1.807, 2.05) is 24.3 Å². The van der Waals surface area contributed by atoms with Gasteiger partial charge in [-0.25, -0.2) is 4.68 Å². The maximum atomic E-state index is 10.0. The van der Waals surface area contributed by atoms with E-state index in [2.05, 4.69) is 10.3 Å². The van der Waals surface area contributed by atoms with Gasteiger partial charge in [0, 0.05) is 0 Å². The second-order valence-corrected chi connectivity index (χ2v) is 4.26. The lowest BCUT2D eigenvalue weighted by Crippen LogP contribution is -2.20. The average molecular weight is 233 g/mol. The van der Waals surface area contributed by atoms with Gasteiger partial charge in [0.1, 0.15) is 17.0 Å². The van der Waals surface area contributed by atoms with Gasteiger partial charge in [-0.15, -0.1) is 5.10 Å². The van der Waals surface area contributed by atoms with E-state index in [1.54, 1.807) is 31.8 Å². The molecule has 1 N–H and O–H groups in total. The Hall–Kier alpha value is -1.88. The van der Waals surface area contributed by atoms with E-state index in [-0.39, 0.29) is 0 Å². The van der Waals surface area contributed by atoms with Crippen molar-refractivity contribution >= 4 is 0 Å². The van der Waals surface area contributed by atoms with Crippen molar-refractivity contribution in [3.63, 3.8) is 0 Å². The molecule has 2 rings (SSSR count). The van der Waals surface area contributed by atoms with Crippen LogP contribution in [-0.4, -0.2) is 27.2 Å².